The van der Waals surface area contributed by atoms with E-state index in [9.17, 15) is 9.59 Å². The number of anilines is 1. The smallest absolute Gasteiger partial charge is 0.330 e. The Morgan fingerprint density at radius 3 is 2.70 bits per heavy atom. The summed E-state index contributed by atoms with van der Waals surface area (Å²) in [6.07, 6.45) is -0.0177. The zero-order chi connectivity index (χ0) is 19.2. The first kappa shape index (κ1) is 18.7. The van der Waals surface area contributed by atoms with E-state index in [2.05, 4.69) is 27.7 Å². The molecule has 1 aromatic carbocycles. The monoisotopic (exact) mass is 385 g/mol. The summed E-state index contributed by atoms with van der Waals surface area (Å²) < 4.78 is 5.16. The fourth-order valence-electron chi connectivity index (χ4n) is 2.29. The van der Waals surface area contributed by atoms with Crippen LogP contribution in [0.15, 0.2) is 41.8 Å². The molecule has 2 heterocycles. The van der Waals surface area contributed by atoms with E-state index in [0.29, 0.717) is 11.5 Å². The van der Waals surface area contributed by atoms with Gasteiger partial charge >= 0.3 is 5.97 Å². The summed E-state index contributed by atoms with van der Waals surface area (Å²) in [7, 11) is 0. The van der Waals surface area contributed by atoms with Gasteiger partial charge in [-0.25, -0.2) is 4.79 Å². The van der Waals surface area contributed by atoms with Crippen molar-refractivity contribution in [3.05, 3.63) is 47.3 Å². The average molecular weight is 385 g/mol. The molecule has 0 radical (unpaired) electrons. The van der Waals surface area contributed by atoms with Gasteiger partial charge in [-0.2, -0.15) is 4.80 Å². The maximum atomic E-state index is 12.2. The molecule has 1 atom stereocenters. The number of carbonyl (C=O) groups is 2. The van der Waals surface area contributed by atoms with Gasteiger partial charge in [-0.3, -0.25) is 4.79 Å². The van der Waals surface area contributed by atoms with E-state index < -0.39 is 18.0 Å². The van der Waals surface area contributed by atoms with Crippen molar-refractivity contribution in [2.45, 2.75) is 32.9 Å². The van der Waals surface area contributed by atoms with Crippen LogP contribution in [0.5, 0.6) is 0 Å². The number of benzene rings is 1. The van der Waals surface area contributed by atoms with Crippen LogP contribution in [0.4, 0.5) is 5.69 Å². The first-order chi connectivity index (χ1) is 13.0. The van der Waals surface area contributed by atoms with Gasteiger partial charge in [-0.05, 0) is 47.7 Å². The van der Waals surface area contributed by atoms with Gasteiger partial charge in [0.1, 0.15) is 0 Å². The van der Waals surface area contributed by atoms with Crippen molar-refractivity contribution in [2.24, 2.45) is 0 Å². The van der Waals surface area contributed by atoms with Gasteiger partial charge in [0.15, 0.2) is 12.6 Å². The molecule has 0 saturated heterocycles. The average Bonchev–Trinajstić information content (AvgIpc) is 3.33. The highest BCUT2D eigenvalue weighted by atomic mass is 32.1. The second kappa shape index (κ2) is 8.54. The van der Waals surface area contributed by atoms with Crippen molar-refractivity contribution in [3.8, 4) is 10.7 Å². The molecule has 3 aromatic rings. The second-order valence-corrected chi connectivity index (χ2v) is 6.74. The summed E-state index contributed by atoms with van der Waals surface area (Å²) in [4.78, 5) is 26.2. The lowest BCUT2D eigenvalue weighted by Crippen LogP contribution is -2.31. The molecule has 9 heteroatoms. The van der Waals surface area contributed by atoms with Gasteiger partial charge in [-0.1, -0.05) is 25.1 Å². The minimum atomic E-state index is -0.941. The molecule has 0 spiro atoms. The normalized spacial score (nSPS) is 11.8. The van der Waals surface area contributed by atoms with Crippen LogP contribution in [0.25, 0.3) is 10.7 Å². The molecule has 0 aliphatic carbocycles. The van der Waals surface area contributed by atoms with Gasteiger partial charge < -0.3 is 10.1 Å². The van der Waals surface area contributed by atoms with Crippen molar-refractivity contribution in [3.63, 3.8) is 0 Å². The number of ether oxygens (including phenoxy) is 1. The number of aromatic nitrogens is 4. The second-order valence-electron chi connectivity index (χ2n) is 5.79. The highest BCUT2D eigenvalue weighted by Crippen LogP contribution is 2.19. The third-order valence-corrected chi connectivity index (χ3v) is 4.64. The zero-order valence-electron chi connectivity index (χ0n) is 15.0. The Morgan fingerprint density at radius 1 is 1.26 bits per heavy atom. The Morgan fingerprint density at radius 2 is 2.04 bits per heavy atom. The first-order valence-corrected chi connectivity index (χ1v) is 9.34. The molecule has 0 bridgehead atoms. The van der Waals surface area contributed by atoms with E-state index in [1.807, 2.05) is 41.8 Å². The molecule has 1 N–H and O–H groups in total. The van der Waals surface area contributed by atoms with Crippen molar-refractivity contribution >= 4 is 28.9 Å². The third kappa shape index (κ3) is 4.98. The number of hydrogen-bond donors (Lipinski definition) is 1. The van der Waals surface area contributed by atoms with Crippen LogP contribution < -0.4 is 5.32 Å². The minimum Gasteiger partial charge on any atom is -0.451 e. The molecule has 0 aliphatic heterocycles. The predicted molar refractivity (Wildman–Crippen MR) is 101 cm³/mol. The number of amides is 1. The SMILES string of the molecule is CCc1ccc(NC(=O)[C@@H](C)OC(=O)Cn2nnc(-c3cccs3)n2)cc1. The number of hydrogen-bond acceptors (Lipinski definition) is 7. The van der Waals surface area contributed by atoms with Crippen LogP contribution in [-0.4, -0.2) is 38.2 Å². The summed E-state index contributed by atoms with van der Waals surface area (Å²) in [5, 5.41) is 16.5. The van der Waals surface area contributed by atoms with E-state index in [1.165, 1.54) is 23.8 Å². The van der Waals surface area contributed by atoms with Gasteiger partial charge in [0.2, 0.25) is 5.82 Å². The number of thiophene rings is 1. The summed E-state index contributed by atoms with van der Waals surface area (Å²) in [5.41, 5.74) is 1.83. The topological polar surface area (TPSA) is 99.0 Å². The fourth-order valence-corrected chi connectivity index (χ4v) is 2.93. The molecule has 2 aromatic heterocycles. The maximum absolute atomic E-state index is 12.2. The first-order valence-electron chi connectivity index (χ1n) is 8.46. The number of esters is 1. The Hall–Kier alpha value is -3.07. The van der Waals surface area contributed by atoms with Crippen LogP contribution in [-0.2, 0) is 27.3 Å². The summed E-state index contributed by atoms with van der Waals surface area (Å²) >= 11 is 1.48. The van der Waals surface area contributed by atoms with Crippen LogP contribution in [0.3, 0.4) is 0 Å². The highest BCUT2D eigenvalue weighted by Gasteiger charge is 2.19. The molecular weight excluding hydrogens is 366 g/mol. The molecule has 0 unspecified atom stereocenters. The molecule has 1 amide bonds. The van der Waals surface area contributed by atoms with Gasteiger partial charge in [0, 0.05) is 5.69 Å². The van der Waals surface area contributed by atoms with Crippen LogP contribution in [0.1, 0.15) is 19.4 Å². The van der Waals surface area contributed by atoms with Crippen LogP contribution in [0.2, 0.25) is 0 Å². The number of nitrogens with zero attached hydrogens (tertiary/aromatic N) is 4. The lowest BCUT2D eigenvalue weighted by Gasteiger charge is -2.13. The van der Waals surface area contributed by atoms with E-state index in [0.717, 1.165) is 16.1 Å². The van der Waals surface area contributed by atoms with Crippen LogP contribution in [0, 0.1) is 0 Å². The third-order valence-electron chi connectivity index (χ3n) is 3.77. The van der Waals surface area contributed by atoms with Crippen molar-refractivity contribution in [2.75, 3.05) is 5.32 Å². The molecular formula is C18H19N5O3S. The fraction of sp³-hybridized carbons (Fsp3) is 0.278. The van der Waals surface area contributed by atoms with Gasteiger partial charge in [-0.15, -0.1) is 21.5 Å². The lowest BCUT2D eigenvalue weighted by atomic mass is 10.1. The number of rotatable bonds is 7. The molecule has 0 aliphatic rings. The van der Waals surface area contributed by atoms with Crippen molar-refractivity contribution in [1.82, 2.24) is 20.2 Å². The standard InChI is InChI=1S/C18H19N5O3S/c1-3-13-6-8-14(9-7-13)19-18(25)12(2)26-16(24)11-23-21-17(20-22-23)15-5-4-10-27-15/h4-10,12H,3,11H2,1-2H3,(H,19,25)/t12-/m1/s1. The van der Waals surface area contributed by atoms with E-state index in [4.69, 9.17) is 4.74 Å². The minimum absolute atomic E-state index is 0.221. The van der Waals surface area contributed by atoms with E-state index in [-0.39, 0.29) is 6.54 Å². The molecule has 0 saturated carbocycles. The largest absolute Gasteiger partial charge is 0.451 e. The number of tetrazole rings is 1. The summed E-state index contributed by atoms with van der Waals surface area (Å²) in [6, 6.07) is 11.3. The lowest BCUT2D eigenvalue weighted by molar-refractivity contribution is -0.154. The Kier molecular flexibility index (Phi) is 5.92. The molecule has 140 valence electrons. The Balaban J connectivity index is 1.51. The quantitative estimate of drug-likeness (QED) is 0.628. The molecule has 8 nitrogen and oxygen atoms in total. The Bertz CT molecular complexity index is 905. The van der Waals surface area contributed by atoms with Crippen LogP contribution >= 0.6 is 11.3 Å². The van der Waals surface area contributed by atoms with E-state index in [1.54, 1.807) is 0 Å². The number of aryl methyl sites for hydroxylation is 1. The zero-order valence-corrected chi connectivity index (χ0v) is 15.8. The molecule has 0 fully saturated rings. The highest BCUT2D eigenvalue weighted by molar-refractivity contribution is 7.13. The van der Waals surface area contributed by atoms with Crippen molar-refractivity contribution in [1.29, 1.82) is 0 Å². The summed E-state index contributed by atoms with van der Waals surface area (Å²) in [5.74, 6) is -0.577. The number of carbonyl (C=O) groups excluding carboxylic acids is 2. The molecule has 27 heavy (non-hydrogen) atoms. The molecule has 3 rings (SSSR count). The predicted octanol–water partition coefficient (Wildman–Crippen LogP) is 2.53. The maximum Gasteiger partial charge on any atom is 0.330 e. The van der Waals surface area contributed by atoms with Gasteiger partial charge in [0.25, 0.3) is 5.91 Å². The van der Waals surface area contributed by atoms with Gasteiger partial charge in [0.05, 0.1) is 4.88 Å². The Labute approximate surface area is 160 Å². The van der Waals surface area contributed by atoms with Crippen molar-refractivity contribution < 1.29 is 14.3 Å². The summed E-state index contributed by atoms with van der Waals surface area (Å²) in [6.45, 7) is 3.35. The van der Waals surface area contributed by atoms with E-state index >= 15 is 0 Å². The number of nitrogens with one attached hydrogen (secondary N) is 1.